The topological polar surface area (TPSA) is 75.6 Å². The number of nitrogens with one attached hydrogen (secondary N) is 1. The van der Waals surface area contributed by atoms with Crippen LogP contribution in [0.2, 0.25) is 0 Å². The molecule has 0 unspecified atom stereocenters. The molecule has 1 amide bonds. The minimum absolute atomic E-state index is 0.0793. The molecule has 30 heavy (non-hydrogen) atoms. The molecule has 6 rings (SSSR count). The highest BCUT2D eigenvalue weighted by atomic mass is 16.5. The summed E-state index contributed by atoms with van der Waals surface area (Å²) in [6.45, 7) is 1.78. The molecule has 4 bridgehead atoms. The molecule has 158 valence electrons. The lowest BCUT2D eigenvalue weighted by molar-refractivity contribution is -0.128. The van der Waals surface area contributed by atoms with Crippen LogP contribution in [-0.2, 0) is 9.53 Å². The van der Waals surface area contributed by atoms with Gasteiger partial charge in [-0.1, -0.05) is 30.3 Å². The van der Waals surface area contributed by atoms with Gasteiger partial charge in [-0.3, -0.25) is 4.79 Å². The van der Waals surface area contributed by atoms with Gasteiger partial charge in [0.05, 0.1) is 0 Å². The Morgan fingerprint density at radius 1 is 1.07 bits per heavy atom. The average Bonchev–Trinajstić information content (AvgIpc) is 2.71. The first kappa shape index (κ1) is 19.4. The highest BCUT2D eigenvalue weighted by Crippen LogP contribution is 2.61. The van der Waals surface area contributed by atoms with Crippen molar-refractivity contribution in [2.75, 3.05) is 6.61 Å². The van der Waals surface area contributed by atoms with Crippen LogP contribution in [-0.4, -0.2) is 29.6 Å². The summed E-state index contributed by atoms with van der Waals surface area (Å²) in [7, 11) is 0. The van der Waals surface area contributed by atoms with Crippen molar-refractivity contribution in [3.63, 3.8) is 0 Å². The maximum absolute atomic E-state index is 12.5. The molecule has 2 aromatic carbocycles. The van der Waals surface area contributed by atoms with Gasteiger partial charge >= 0.3 is 5.97 Å². The van der Waals surface area contributed by atoms with E-state index >= 15 is 0 Å². The van der Waals surface area contributed by atoms with Crippen molar-refractivity contribution in [3.8, 4) is 5.75 Å². The van der Waals surface area contributed by atoms with Crippen LogP contribution in [0.4, 0.5) is 0 Å². The summed E-state index contributed by atoms with van der Waals surface area (Å²) >= 11 is 0. The number of phenols is 1. The Balaban J connectivity index is 1.20. The second-order valence-electron chi connectivity index (χ2n) is 9.83. The Bertz CT molecular complexity index is 963. The summed E-state index contributed by atoms with van der Waals surface area (Å²) in [6.07, 6.45) is 7.74. The second-order valence-corrected chi connectivity index (χ2v) is 9.83. The molecule has 0 spiro atoms. The second kappa shape index (κ2) is 7.29. The van der Waals surface area contributed by atoms with E-state index in [2.05, 4.69) is 12.2 Å². The summed E-state index contributed by atoms with van der Waals surface area (Å²) in [4.78, 5) is 25.0. The lowest BCUT2D eigenvalue weighted by Crippen LogP contribution is -2.56. The third-order valence-corrected chi connectivity index (χ3v) is 7.84. The molecule has 1 atom stereocenters. The van der Waals surface area contributed by atoms with Crippen molar-refractivity contribution in [2.24, 2.45) is 23.2 Å². The maximum atomic E-state index is 12.5. The van der Waals surface area contributed by atoms with Gasteiger partial charge in [-0.15, -0.1) is 0 Å². The molecule has 4 fully saturated rings. The van der Waals surface area contributed by atoms with Crippen LogP contribution in [0.25, 0.3) is 10.8 Å². The molecular formula is C25H29NO4. The van der Waals surface area contributed by atoms with Crippen molar-refractivity contribution in [1.82, 2.24) is 5.32 Å². The van der Waals surface area contributed by atoms with E-state index in [-0.39, 0.29) is 35.3 Å². The molecule has 5 heteroatoms. The fourth-order valence-electron chi connectivity index (χ4n) is 6.77. The van der Waals surface area contributed by atoms with E-state index in [4.69, 9.17) is 4.74 Å². The Morgan fingerprint density at radius 3 is 2.37 bits per heavy atom. The van der Waals surface area contributed by atoms with E-state index in [9.17, 15) is 14.7 Å². The highest BCUT2D eigenvalue weighted by molar-refractivity contribution is 6.01. The zero-order valence-electron chi connectivity index (χ0n) is 17.4. The SMILES string of the molecule is C[C@@H](NC(=O)COC(=O)c1ccc2ccccc2c1O)C12CC3CC(CC(C3)C1)C2. The van der Waals surface area contributed by atoms with Crippen LogP contribution in [0.1, 0.15) is 55.8 Å². The standard InChI is InChI=1S/C25H29NO4/c1-15(25-11-16-8-17(12-25)10-18(9-16)13-25)26-22(27)14-30-24(29)21-7-6-19-4-2-3-5-20(19)23(21)28/h2-7,15-18,28H,8-14H2,1H3,(H,26,27)/t15-,16?,17?,18?,25?/m1/s1. The van der Waals surface area contributed by atoms with Crippen molar-refractivity contribution >= 4 is 22.6 Å². The molecule has 2 N–H and O–H groups in total. The molecule has 5 nitrogen and oxygen atoms in total. The van der Waals surface area contributed by atoms with Crippen LogP contribution in [0, 0.1) is 23.2 Å². The monoisotopic (exact) mass is 407 g/mol. The van der Waals surface area contributed by atoms with Gasteiger partial charge in [0.15, 0.2) is 6.61 Å². The first-order chi connectivity index (χ1) is 14.4. The van der Waals surface area contributed by atoms with Gasteiger partial charge in [-0.25, -0.2) is 4.79 Å². The number of ether oxygens (including phenoxy) is 1. The summed E-state index contributed by atoms with van der Waals surface area (Å²) < 4.78 is 5.23. The highest BCUT2D eigenvalue weighted by Gasteiger charge is 2.53. The van der Waals surface area contributed by atoms with Crippen LogP contribution < -0.4 is 5.32 Å². The predicted octanol–water partition coefficient (Wildman–Crippen LogP) is 4.42. The zero-order chi connectivity index (χ0) is 20.9. The minimum Gasteiger partial charge on any atom is -0.506 e. The Labute approximate surface area is 176 Å². The van der Waals surface area contributed by atoms with Crippen molar-refractivity contribution in [2.45, 2.75) is 51.5 Å². The lowest BCUT2D eigenvalue weighted by atomic mass is 9.48. The molecule has 4 aliphatic carbocycles. The maximum Gasteiger partial charge on any atom is 0.342 e. The molecular weight excluding hydrogens is 378 g/mol. The van der Waals surface area contributed by atoms with Crippen LogP contribution in [0.3, 0.4) is 0 Å². The van der Waals surface area contributed by atoms with Crippen LogP contribution in [0.5, 0.6) is 5.75 Å². The number of benzene rings is 2. The Morgan fingerprint density at radius 2 is 1.70 bits per heavy atom. The van der Waals surface area contributed by atoms with Crippen molar-refractivity contribution in [3.05, 3.63) is 42.0 Å². The normalized spacial score (nSPS) is 30.2. The summed E-state index contributed by atoms with van der Waals surface area (Å²) in [5.41, 5.74) is 0.293. The Kier molecular flexibility index (Phi) is 4.72. The van der Waals surface area contributed by atoms with Crippen molar-refractivity contribution in [1.29, 1.82) is 0 Å². The summed E-state index contributed by atoms with van der Waals surface area (Å²) in [5.74, 6) is 1.40. The number of phenolic OH excluding ortho intramolecular Hbond substituents is 1. The number of fused-ring (bicyclic) bond motifs is 1. The number of carbonyl (C=O) groups excluding carboxylic acids is 2. The lowest BCUT2D eigenvalue weighted by Gasteiger charge is -2.59. The molecule has 0 aromatic heterocycles. The molecule has 0 aliphatic heterocycles. The third-order valence-electron chi connectivity index (χ3n) is 7.84. The average molecular weight is 408 g/mol. The molecule has 4 aliphatic rings. The van der Waals surface area contributed by atoms with E-state index < -0.39 is 5.97 Å². The van der Waals surface area contributed by atoms with E-state index in [0.717, 1.165) is 23.1 Å². The van der Waals surface area contributed by atoms with Crippen molar-refractivity contribution < 1.29 is 19.4 Å². The predicted molar refractivity (Wildman–Crippen MR) is 114 cm³/mol. The first-order valence-corrected chi connectivity index (χ1v) is 11.1. The molecule has 0 radical (unpaired) electrons. The fraction of sp³-hybridized carbons (Fsp3) is 0.520. The van der Waals surface area contributed by atoms with Crippen LogP contribution >= 0.6 is 0 Å². The van der Waals surface area contributed by atoms with Gasteiger partial charge in [0.1, 0.15) is 11.3 Å². The van der Waals surface area contributed by atoms with E-state index in [1.54, 1.807) is 18.2 Å². The summed E-state index contributed by atoms with van der Waals surface area (Å²) in [6, 6.07) is 10.7. The molecule has 2 aromatic rings. The number of hydrogen-bond donors (Lipinski definition) is 2. The number of esters is 1. The number of aromatic hydroxyl groups is 1. The fourth-order valence-corrected chi connectivity index (χ4v) is 6.77. The van der Waals surface area contributed by atoms with E-state index in [0.29, 0.717) is 5.39 Å². The number of carbonyl (C=O) groups is 2. The van der Waals surface area contributed by atoms with Gasteiger partial charge in [-0.2, -0.15) is 0 Å². The smallest absolute Gasteiger partial charge is 0.342 e. The van der Waals surface area contributed by atoms with Gasteiger partial charge in [0.25, 0.3) is 5.91 Å². The van der Waals surface area contributed by atoms with Gasteiger partial charge in [0, 0.05) is 11.4 Å². The van der Waals surface area contributed by atoms with Gasteiger partial charge in [0.2, 0.25) is 0 Å². The van der Waals surface area contributed by atoms with Gasteiger partial charge in [-0.05, 0) is 80.1 Å². The first-order valence-electron chi connectivity index (χ1n) is 11.1. The largest absolute Gasteiger partial charge is 0.506 e. The third kappa shape index (κ3) is 3.34. The Hall–Kier alpha value is -2.56. The molecule has 0 heterocycles. The zero-order valence-corrected chi connectivity index (χ0v) is 17.4. The summed E-state index contributed by atoms with van der Waals surface area (Å²) in [5, 5.41) is 15.0. The van der Waals surface area contributed by atoms with Crippen LogP contribution in [0.15, 0.2) is 36.4 Å². The number of amides is 1. The number of hydrogen-bond acceptors (Lipinski definition) is 4. The van der Waals surface area contributed by atoms with Gasteiger partial charge < -0.3 is 15.2 Å². The number of rotatable bonds is 5. The molecule has 0 saturated heterocycles. The van der Waals surface area contributed by atoms with E-state index in [1.807, 2.05) is 12.1 Å². The molecule has 4 saturated carbocycles. The minimum atomic E-state index is -0.684. The quantitative estimate of drug-likeness (QED) is 0.720. The van der Waals surface area contributed by atoms with E-state index in [1.165, 1.54) is 44.6 Å².